The summed E-state index contributed by atoms with van der Waals surface area (Å²) in [5.41, 5.74) is 1.31. The van der Waals surface area contributed by atoms with Gasteiger partial charge < -0.3 is 14.7 Å². The Morgan fingerprint density at radius 2 is 2.00 bits per heavy atom. The molecule has 0 aromatic heterocycles. The van der Waals surface area contributed by atoms with E-state index in [0.717, 1.165) is 32.7 Å². The SMILES string of the molecule is CCN1CC[NH+](Cc2c([O-])ccc3c2OC(=Cc2cccc([N+](=O)[O-])c2)C3=O)CC1. The van der Waals surface area contributed by atoms with E-state index >= 15 is 0 Å². The van der Waals surface area contributed by atoms with Crippen molar-refractivity contribution >= 4 is 17.5 Å². The van der Waals surface area contributed by atoms with Gasteiger partial charge in [-0.15, -0.1) is 0 Å². The van der Waals surface area contributed by atoms with Gasteiger partial charge in [0.1, 0.15) is 12.3 Å². The van der Waals surface area contributed by atoms with E-state index in [1.54, 1.807) is 12.1 Å². The van der Waals surface area contributed by atoms with Gasteiger partial charge in [0.05, 0.1) is 23.6 Å². The third kappa shape index (κ3) is 3.92. The van der Waals surface area contributed by atoms with E-state index in [1.807, 2.05) is 0 Å². The number of Topliss-reactive ketones (excluding diaryl/α,β-unsaturated/α-hetero) is 1. The fourth-order valence-corrected chi connectivity index (χ4v) is 3.95. The van der Waals surface area contributed by atoms with Crippen molar-refractivity contribution in [1.29, 1.82) is 0 Å². The molecule has 0 saturated carbocycles. The Labute approximate surface area is 174 Å². The predicted octanol–water partition coefficient (Wildman–Crippen LogP) is 1.01. The number of nitro groups is 1. The number of nitro benzene ring substituents is 1. The number of quaternary nitrogens is 1. The molecule has 2 aliphatic rings. The largest absolute Gasteiger partial charge is 0.872 e. The minimum atomic E-state index is -0.489. The molecule has 0 spiro atoms. The van der Waals surface area contributed by atoms with E-state index in [9.17, 15) is 20.0 Å². The Balaban J connectivity index is 1.59. The van der Waals surface area contributed by atoms with Crippen molar-refractivity contribution in [2.75, 3.05) is 32.7 Å². The molecule has 2 aromatic carbocycles. The normalized spacial score (nSPS) is 18.4. The smallest absolute Gasteiger partial charge is 0.270 e. The van der Waals surface area contributed by atoms with Crippen molar-refractivity contribution in [3.63, 3.8) is 0 Å². The average molecular weight is 409 g/mol. The molecule has 4 rings (SSSR count). The van der Waals surface area contributed by atoms with Crippen molar-refractivity contribution in [1.82, 2.24) is 4.90 Å². The van der Waals surface area contributed by atoms with Gasteiger partial charge in [0.25, 0.3) is 5.69 Å². The Bertz CT molecular complexity index is 1030. The van der Waals surface area contributed by atoms with Gasteiger partial charge >= 0.3 is 0 Å². The fourth-order valence-electron chi connectivity index (χ4n) is 3.95. The van der Waals surface area contributed by atoms with E-state index in [-0.39, 0.29) is 23.0 Å². The number of allylic oxidation sites excluding steroid dienone is 1. The first kappa shape index (κ1) is 20.1. The summed E-state index contributed by atoms with van der Waals surface area (Å²) in [5.74, 6) is -0.0510. The van der Waals surface area contributed by atoms with E-state index < -0.39 is 4.92 Å². The van der Waals surface area contributed by atoms with Gasteiger partial charge in [-0.25, -0.2) is 0 Å². The van der Waals surface area contributed by atoms with Crippen LogP contribution in [0.3, 0.4) is 0 Å². The zero-order valence-corrected chi connectivity index (χ0v) is 16.7. The number of fused-ring (bicyclic) bond motifs is 1. The number of ether oxygens (including phenoxy) is 1. The lowest BCUT2D eigenvalue weighted by Crippen LogP contribution is -3.13. The number of hydrogen-bond donors (Lipinski definition) is 1. The second-order valence-corrected chi connectivity index (χ2v) is 7.57. The third-order valence-corrected chi connectivity index (χ3v) is 5.71. The maximum atomic E-state index is 12.8. The van der Waals surface area contributed by atoms with Gasteiger partial charge in [-0.3, -0.25) is 19.8 Å². The minimum Gasteiger partial charge on any atom is -0.872 e. The number of hydrogen-bond acceptors (Lipinski definition) is 6. The molecular weight excluding hydrogens is 386 g/mol. The highest BCUT2D eigenvalue weighted by Gasteiger charge is 2.31. The van der Waals surface area contributed by atoms with Crippen LogP contribution in [0, 0.1) is 10.1 Å². The molecule has 0 atom stereocenters. The van der Waals surface area contributed by atoms with Crippen molar-refractivity contribution in [2.24, 2.45) is 0 Å². The highest BCUT2D eigenvalue weighted by molar-refractivity contribution is 6.15. The topological polar surface area (TPSA) is 100 Å². The zero-order chi connectivity index (χ0) is 21.3. The highest BCUT2D eigenvalue weighted by Crippen LogP contribution is 2.38. The molecule has 8 heteroatoms. The van der Waals surface area contributed by atoms with Gasteiger partial charge in [0.2, 0.25) is 5.78 Å². The molecule has 0 aliphatic carbocycles. The average Bonchev–Trinajstić information content (AvgIpc) is 3.06. The second-order valence-electron chi connectivity index (χ2n) is 7.57. The summed E-state index contributed by atoms with van der Waals surface area (Å²) in [7, 11) is 0. The van der Waals surface area contributed by atoms with Gasteiger partial charge in [-0.1, -0.05) is 30.9 Å². The third-order valence-electron chi connectivity index (χ3n) is 5.71. The number of non-ortho nitro benzene ring substituents is 1. The van der Waals surface area contributed by atoms with Gasteiger partial charge in [0, 0.05) is 30.8 Å². The molecule has 1 fully saturated rings. The Kier molecular flexibility index (Phi) is 5.52. The second kappa shape index (κ2) is 8.25. The van der Waals surface area contributed by atoms with Crippen LogP contribution < -0.4 is 14.7 Å². The van der Waals surface area contributed by atoms with E-state index in [4.69, 9.17) is 4.74 Å². The van der Waals surface area contributed by atoms with Crippen LogP contribution in [0.25, 0.3) is 6.08 Å². The standard InChI is InChI=1S/C22H23N3O5/c1-2-23-8-10-24(11-9-23)14-18-19(26)7-6-17-21(27)20(30-22(17)18)13-15-4-3-5-16(12-15)25(28)29/h3-7,12-13,26H,2,8-11,14H2,1H3. The van der Waals surface area contributed by atoms with E-state index in [0.29, 0.717) is 29.0 Å². The molecule has 0 bridgehead atoms. The number of carbonyl (C=O) groups excluding carboxylic acids is 1. The molecule has 0 unspecified atom stereocenters. The molecule has 2 heterocycles. The number of carbonyl (C=O) groups is 1. The highest BCUT2D eigenvalue weighted by atomic mass is 16.6. The molecule has 0 radical (unpaired) electrons. The van der Waals surface area contributed by atoms with Crippen LogP contribution >= 0.6 is 0 Å². The van der Waals surface area contributed by atoms with Gasteiger partial charge in [-0.2, -0.15) is 0 Å². The molecule has 8 nitrogen and oxygen atoms in total. The predicted molar refractivity (Wildman–Crippen MR) is 108 cm³/mol. The van der Waals surface area contributed by atoms with Gasteiger partial charge in [0.15, 0.2) is 5.76 Å². The molecule has 1 saturated heterocycles. The maximum Gasteiger partial charge on any atom is 0.270 e. The number of nitrogens with zero attached hydrogens (tertiary/aromatic N) is 2. The molecular formula is C22H23N3O5. The summed E-state index contributed by atoms with van der Waals surface area (Å²) < 4.78 is 5.84. The Morgan fingerprint density at radius 1 is 1.23 bits per heavy atom. The molecule has 156 valence electrons. The zero-order valence-electron chi connectivity index (χ0n) is 16.7. The number of benzene rings is 2. The summed E-state index contributed by atoms with van der Waals surface area (Å²) in [6, 6.07) is 8.91. The van der Waals surface area contributed by atoms with Crippen molar-refractivity contribution in [2.45, 2.75) is 13.5 Å². The molecule has 2 aromatic rings. The molecule has 30 heavy (non-hydrogen) atoms. The summed E-state index contributed by atoms with van der Waals surface area (Å²) >= 11 is 0. The lowest BCUT2D eigenvalue weighted by molar-refractivity contribution is -0.918. The fraction of sp³-hybridized carbons (Fsp3) is 0.318. The number of piperazine rings is 1. The first-order valence-corrected chi connectivity index (χ1v) is 10.0. The first-order valence-electron chi connectivity index (χ1n) is 10.0. The van der Waals surface area contributed by atoms with Crippen LogP contribution in [-0.4, -0.2) is 48.3 Å². The molecule has 0 amide bonds. The minimum absolute atomic E-state index is 0.0651. The Hall–Kier alpha value is -3.23. The lowest BCUT2D eigenvalue weighted by Gasteiger charge is -2.32. The lowest BCUT2D eigenvalue weighted by atomic mass is 10.0. The molecule has 2 aliphatic heterocycles. The van der Waals surface area contributed by atoms with Crippen LogP contribution in [0.5, 0.6) is 11.5 Å². The summed E-state index contributed by atoms with van der Waals surface area (Å²) in [4.78, 5) is 27.0. The monoisotopic (exact) mass is 409 g/mol. The Morgan fingerprint density at radius 3 is 2.70 bits per heavy atom. The number of likely N-dealkylation sites (N-methyl/N-ethyl adjacent to an activating group) is 1. The van der Waals surface area contributed by atoms with Crippen LogP contribution in [0.15, 0.2) is 42.2 Å². The maximum absolute atomic E-state index is 12.8. The summed E-state index contributed by atoms with van der Waals surface area (Å²) in [6.07, 6.45) is 1.48. The summed E-state index contributed by atoms with van der Waals surface area (Å²) in [6.45, 7) is 7.49. The van der Waals surface area contributed by atoms with Crippen molar-refractivity contribution in [3.05, 3.63) is 69.0 Å². The van der Waals surface area contributed by atoms with Crippen molar-refractivity contribution in [3.8, 4) is 11.5 Å². The molecule has 1 N–H and O–H groups in total. The van der Waals surface area contributed by atoms with E-state index in [1.165, 1.54) is 35.2 Å². The summed E-state index contributed by atoms with van der Waals surface area (Å²) in [5, 5.41) is 23.5. The number of nitrogens with one attached hydrogen (secondary N) is 1. The first-order chi connectivity index (χ1) is 14.5. The van der Waals surface area contributed by atoms with Crippen LogP contribution in [-0.2, 0) is 6.54 Å². The number of ketones is 1. The van der Waals surface area contributed by atoms with Crippen LogP contribution in [0.2, 0.25) is 0 Å². The van der Waals surface area contributed by atoms with Gasteiger partial charge in [-0.05, 0) is 24.3 Å². The number of rotatable bonds is 5. The van der Waals surface area contributed by atoms with Crippen LogP contribution in [0.4, 0.5) is 5.69 Å². The van der Waals surface area contributed by atoms with E-state index in [2.05, 4.69) is 11.8 Å². The quantitative estimate of drug-likeness (QED) is 0.449. The van der Waals surface area contributed by atoms with Crippen molar-refractivity contribution < 1.29 is 24.5 Å². The van der Waals surface area contributed by atoms with Crippen LogP contribution in [0.1, 0.15) is 28.4 Å².